The number of benzene rings is 2. The van der Waals surface area contributed by atoms with E-state index in [4.69, 9.17) is 15.3 Å². The first kappa shape index (κ1) is 18.0. The lowest BCUT2D eigenvalue weighted by atomic mass is 10.1. The van der Waals surface area contributed by atoms with Crippen molar-refractivity contribution in [3.8, 4) is 5.75 Å². The van der Waals surface area contributed by atoms with Crippen LogP contribution in [-0.4, -0.2) is 30.7 Å². The Balaban J connectivity index is 1.75. The third-order valence-electron chi connectivity index (χ3n) is 3.06. The highest BCUT2D eigenvalue weighted by atomic mass is 16.6. The van der Waals surface area contributed by atoms with Gasteiger partial charge < -0.3 is 20.6 Å². The molecule has 0 aliphatic heterocycles. The lowest BCUT2D eigenvalue weighted by Crippen LogP contribution is -2.23. The number of nitrogens with two attached hydrogens (primary N) is 1. The molecule has 2 rings (SSSR count). The molecule has 0 saturated heterocycles. The van der Waals surface area contributed by atoms with E-state index in [2.05, 4.69) is 10.5 Å². The van der Waals surface area contributed by atoms with E-state index in [1.165, 1.54) is 6.92 Å². The molecule has 7 heteroatoms. The number of para-hydroxylation sites is 1. The number of nitrogens with zero attached hydrogens (tertiary/aromatic N) is 1. The molecule has 0 unspecified atom stereocenters. The number of anilines is 1. The predicted octanol–water partition coefficient (Wildman–Crippen LogP) is 2.20. The highest BCUT2D eigenvalue weighted by Crippen LogP contribution is 2.11. The Hall–Kier alpha value is -3.35. The van der Waals surface area contributed by atoms with Crippen molar-refractivity contribution in [2.75, 3.05) is 18.5 Å². The third kappa shape index (κ3) is 6.34. The highest BCUT2D eigenvalue weighted by molar-refractivity contribution is 5.97. The van der Waals surface area contributed by atoms with Crippen molar-refractivity contribution in [1.82, 2.24) is 0 Å². The van der Waals surface area contributed by atoms with E-state index in [-0.39, 0.29) is 24.8 Å². The molecule has 0 fully saturated rings. The van der Waals surface area contributed by atoms with Gasteiger partial charge in [-0.2, -0.15) is 0 Å². The summed E-state index contributed by atoms with van der Waals surface area (Å²) in [6.45, 7) is 1.20. The van der Waals surface area contributed by atoms with E-state index in [1.54, 1.807) is 36.4 Å². The van der Waals surface area contributed by atoms with Crippen LogP contribution >= 0.6 is 0 Å². The zero-order valence-corrected chi connectivity index (χ0v) is 13.8. The fraction of sp³-hybridized carbons (Fsp3) is 0.167. The SMILES string of the molecule is CC(=O)c1cccc(NC(=O)CO/N=C(/N)COc2ccccc2)c1. The van der Waals surface area contributed by atoms with Gasteiger partial charge in [0.1, 0.15) is 12.4 Å². The maximum absolute atomic E-state index is 11.8. The first-order valence-corrected chi connectivity index (χ1v) is 7.57. The van der Waals surface area contributed by atoms with Gasteiger partial charge in [-0.3, -0.25) is 9.59 Å². The van der Waals surface area contributed by atoms with E-state index in [0.717, 1.165) is 0 Å². The molecule has 0 spiro atoms. The van der Waals surface area contributed by atoms with Crippen LogP contribution in [0, 0.1) is 0 Å². The topological polar surface area (TPSA) is 103 Å². The van der Waals surface area contributed by atoms with Crippen molar-refractivity contribution in [3.63, 3.8) is 0 Å². The second-order valence-electron chi connectivity index (χ2n) is 5.14. The number of oxime groups is 1. The smallest absolute Gasteiger partial charge is 0.265 e. The van der Waals surface area contributed by atoms with Crippen LogP contribution in [0.2, 0.25) is 0 Å². The lowest BCUT2D eigenvalue weighted by molar-refractivity contribution is -0.120. The average molecular weight is 341 g/mol. The summed E-state index contributed by atoms with van der Waals surface area (Å²) < 4.78 is 5.39. The molecule has 3 N–H and O–H groups in total. The zero-order valence-electron chi connectivity index (χ0n) is 13.8. The molecule has 2 aromatic carbocycles. The van der Waals surface area contributed by atoms with E-state index < -0.39 is 5.91 Å². The Kier molecular flexibility index (Phi) is 6.53. The molecule has 130 valence electrons. The van der Waals surface area contributed by atoms with Crippen LogP contribution in [-0.2, 0) is 9.63 Å². The summed E-state index contributed by atoms with van der Waals surface area (Å²) in [6, 6.07) is 15.7. The molecule has 0 aliphatic rings. The number of amides is 1. The van der Waals surface area contributed by atoms with Gasteiger partial charge in [-0.25, -0.2) is 0 Å². The number of ether oxygens (including phenoxy) is 1. The molecule has 25 heavy (non-hydrogen) atoms. The highest BCUT2D eigenvalue weighted by Gasteiger charge is 2.05. The second kappa shape index (κ2) is 9.07. The molecule has 0 atom stereocenters. The summed E-state index contributed by atoms with van der Waals surface area (Å²) in [6.07, 6.45) is 0. The van der Waals surface area contributed by atoms with Gasteiger partial charge in [0.2, 0.25) is 0 Å². The maximum atomic E-state index is 11.8. The molecular weight excluding hydrogens is 322 g/mol. The summed E-state index contributed by atoms with van der Waals surface area (Å²) in [5, 5.41) is 6.23. The predicted molar refractivity (Wildman–Crippen MR) is 94.6 cm³/mol. The summed E-state index contributed by atoms with van der Waals surface area (Å²) in [5.41, 5.74) is 6.66. The minimum Gasteiger partial charge on any atom is -0.486 e. The molecular formula is C18H19N3O4. The van der Waals surface area contributed by atoms with Crippen LogP contribution in [0.1, 0.15) is 17.3 Å². The van der Waals surface area contributed by atoms with Crippen molar-refractivity contribution in [3.05, 3.63) is 60.2 Å². The Morgan fingerprint density at radius 2 is 1.84 bits per heavy atom. The number of nitrogens with one attached hydrogen (secondary N) is 1. The lowest BCUT2D eigenvalue weighted by Gasteiger charge is -2.07. The quantitative estimate of drug-likeness (QED) is 0.332. The van der Waals surface area contributed by atoms with E-state index in [1.807, 2.05) is 18.2 Å². The van der Waals surface area contributed by atoms with Gasteiger partial charge in [-0.1, -0.05) is 35.5 Å². The number of carbonyl (C=O) groups is 2. The van der Waals surface area contributed by atoms with Crippen molar-refractivity contribution in [2.24, 2.45) is 10.9 Å². The number of hydrogen-bond acceptors (Lipinski definition) is 5. The van der Waals surface area contributed by atoms with Gasteiger partial charge in [0, 0.05) is 11.3 Å². The van der Waals surface area contributed by atoms with E-state index >= 15 is 0 Å². The Morgan fingerprint density at radius 1 is 1.08 bits per heavy atom. The third-order valence-corrected chi connectivity index (χ3v) is 3.06. The molecule has 0 aliphatic carbocycles. The van der Waals surface area contributed by atoms with Crippen molar-refractivity contribution in [2.45, 2.75) is 6.92 Å². The Bertz CT molecular complexity index is 760. The Morgan fingerprint density at radius 3 is 2.56 bits per heavy atom. The van der Waals surface area contributed by atoms with Crippen molar-refractivity contribution in [1.29, 1.82) is 0 Å². The number of ketones is 1. The van der Waals surface area contributed by atoms with Crippen LogP contribution in [0.3, 0.4) is 0 Å². The van der Waals surface area contributed by atoms with Gasteiger partial charge in [-0.15, -0.1) is 0 Å². The van der Waals surface area contributed by atoms with Crippen LogP contribution in [0.5, 0.6) is 5.75 Å². The van der Waals surface area contributed by atoms with Crippen molar-refractivity contribution >= 4 is 23.2 Å². The monoisotopic (exact) mass is 341 g/mol. The molecule has 0 saturated carbocycles. The molecule has 2 aromatic rings. The summed E-state index contributed by atoms with van der Waals surface area (Å²) in [7, 11) is 0. The first-order chi connectivity index (χ1) is 12.0. The van der Waals surface area contributed by atoms with E-state index in [0.29, 0.717) is 17.0 Å². The normalized spacial score (nSPS) is 10.8. The first-order valence-electron chi connectivity index (χ1n) is 7.57. The summed E-state index contributed by atoms with van der Waals surface area (Å²) in [4.78, 5) is 28.0. The molecule has 0 bridgehead atoms. The van der Waals surface area contributed by atoms with E-state index in [9.17, 15) is 9.59 Å². The Labute approximate surface area is 145 Å². The van der Waals surface area contributed by atoms with Gasteiger partial charge in [0.25, 0.3) is 5.91 Å². The number of carbonyl (C=O) groups excluding carboxylic acids is 2. The molecule has 1 amide bonds. The number of hydrogen-bond donors (Lipinski definition) is 2. The van der Waals surface area contributed by atoms with Gasteiger partial charge >= 0.3 is 0 Å². The van der Waals surface area contributed by atoms with Gasteiger partial charge in [0.05, 0.1) is 0 Å². The zero-order chi connectivity index (χ0) is 18.1. The summed E-state index contributed by atoms with van der Waals surface area (Å²) in [5.74, 6) is 0.267. The van der Waals surface area contributed by atoms with Crippen LogP contribution in [0.15, 0.2) is 59.8 Å². The fourth-order valence-electron chi connectivity index (χ4n) is 1.89. The van der Waals surface area contributed by atoms with Crippen LogP contribution < -0.4 is 15.8 Å². The largest absolute Gasteiger partial charge is 0.486 e. The standard InChI is InChI=1S/C18H19N3O4/c1-13(22)14-6-5-7-15(10-14)20-18(23)12-25-21-17(19)11-24-16-8-3-2-4-9-16/h2-10H,11-12H2,1H3,(H2,19,21)(H,20,23). The number of rotatable bonds is 8. The van der Waals surface area contributed by atoms with Crippen molar-refractivity contribution < 1.29 is 19.2 Å². The number of amidine groups is 1. The maximum Gasteiger partial charge on any atom is 0.265 e. The van der Waals surface area contributed by atoms with Crippen LogP contribution in [0.4, 0.5) is 5.69 Å². The average Bonchev–Trinajstić information content (AvgIpc) is 2.61. The van der Waals surface area contributed by atoms with Gasteiger partial charge in [-0.05, 0) is 31.2 Å². The molecule has 0 aromatic heterocycles. The molecule has 0 radical (unpaired) electrons. The molecule has 7 nitrogen and oxygen atoms in total. The van der Waals surface area contributed by atoms with Crippen LogP contribution in [0.25, 0.3) is 0 Å². The molecule has 0 heterocycles. The second-order valence-corrected chi connectivity index (χ2v) is 5.14. The minimum absolute atomic E-state index is 0.0479. The van der Waals surface area contributed by atoms with Gasteiger partial charge in [0.15, 0.2) is 18.2 Å². The number of Topliss-reactive ketones (excluding diaryl/α,β-unsaturated/α-hetero) is 1. The minimum atomic E-state index is -0.416. The fourth-order valence-corrected chi connectivity index (χ4v) is 1.89. The summed E-state index contributed by atoms with van der Waals surface area (Å²) >= 11 is 0.